The maximum atomic E-state index is 10.8. The summed E-state index contributed by atoms with van der Waals surface area (Å²) < 4.78 is 7.70. The molecule has 3 heterocycles. The standard InChI is InChI=1S/C22H22Cl2N4O3/c23-16-4-3-15-17(27-7-6-25-12-27)9-19(26-22(15)21(16)24)28-10-13-1-2-14(13)18(28)11-31-8-5-20(29)30/h3-4,6-7,9,12-14,18H,1-2,5,8,10-11H2,(H,29,30)/t13?,14-,18-/m1/s1. The van der Waals surface area contributed by atoms with Crippen molar-refractivity contribution in [3.05, 3.63) is 47.0 Å². The lowest BCUT2D eigenvalue weighted by Gasteiger charge is -2.34. The summed E-state index contributed by atoms with van der Waals surface area (Å²) in [6.45, 7) is 1.60. The van der Waals surface area contributed by atoms with Crippen LogP contribution in [0.25, 0.3) is 16.6 Å². The normalized spacial score (nSPS) is 22.5. The summed E-state index contributed by atoms with van der Waals surface area (Å²) in [5.41, 5.74) is 1.58. The van der Waals surface area contributed by atoms with Crippen LogP contribution in [0.5, 0.6) is 0 Å². The summed E-state index contributed by atoms with van der Waals surface area (Å²) in [4.78, 5) is 22.2. The lowest BCUT2D eigenvalue weighted by molar-refractivity contribution is -0.138. The minimum atomic E-state index is -0.850. The number of pyridine rings is 1. The second kappa shape index (κ2) is 8.30. The molecule has 0 radical (unpaired) electrons. The van der Waals surface area contributed by atoms with Gasteiger partial charge in [0, 0.05) is 30.4 Å². The molecule has 2 aromatic heterocycles. The van der Waals surface area contributed by atoms with E-state index < -0.39 is 5.97 Å². The van der Waals surface area contributed by atoms with Gasteiger partial charge in [-0.2, -0.15) is 0 Å². The smallest absolute Gasteiger partial charge is 0.305 e. The Balaban J connectivity index is 1.53. The third kappa shape index (κ3) is 3.75. The highest BCUT2D eigenvalue weighted by Crippen LogP contribution is 2.47. The van der Waals surface area contributed by atoms with Gasteiger partial charge >= 0.3 is 5.97 Å². The molecule has 31 heavy (non-hydrogen) atoms. The van der Waals surface area contributed by atoms with E-state index in [0.717, 1.165) is 29.9 Å². The average molecular weight is 461 g/mol. The Labute approximate surface area is 189 Å². The summed E-state index contributed by atoms with van der Waals surface area (Å²) in [5.74, 6) is 1.12. The van der Waals surface area contributed by atoms with E-state index in [0.29, 0.717) is 34.0 Å². The van der Waals surface area contributed by atoms with Gasteiger partial charge in [-0.05, 0) is 36.8 Å². The molecule has 0 amide bonds. The molecule has 1 N–H and O–H groups in total. The van der Waals surface area contributed by atoms with Gasteiger partial charge in [-0.25, -0.2) is 9.97 Å². The van der Waals surface area contributed by atoms with Crippen molar-refractivity contribution in [3.63, 3.8) is 0 Å². The lowest BCUT2D eigenvalue weighted by Crippen LogP contribution is -2.39. The van der Waals surface area contributed by atoms with Crippen molar-refractivity contribution in [2.75, 3.05) is 24.7 Å². The molecule has 162 valence electrons. The van der Waals surface area contributed by atoms with E-state index in [4.69, 9.17) is 38.0 Å². The Hall–Kier alpha value is -2.35. The maximum Gasteiger partial charge on any atom is 0.305 e. The molecule has 1 unspecified atom stereocenters. The van der Waals surface area contributed by atoms with Crippen molar-refractivity contribution >= 4 is 45.9 Å². The fourth-order valence-electron chi connectivity index (χ4n) is 4.75. The SMILES string of the molecule is O=C(O)CCOC[C@@H]1[C@@H]2CCC2CN1c1cc(-n2ccnc2)c2ccc(Cl)c(Cl)c2n1. The van der Waals surface area contributed by atoms with E-state index in [9.17, 15) is 4.79 Å². The summed E-state index contributed by atoms with van der Waals surface area (Å²) in [6.07, 6.45) is 7.74. The first-order chi connectivity index (χ1) is 15.0. The Bertz CT molecular complexity index is 1120. The van der Waals surface area contributed by atoms with E-state index in [2.05, 4.69) is 16.0 Å². The van der Waals surface area contributed by atoms with Crippen LogP contribution in [-0.4, -0.2) is 51.4 Å². The van der Waals surface area contributed by atoms with Gasteiger partial charge in [0.15, 0.2) is 0 Å². The first-order valence-electron chi connectivity index (χ1n) is 10.4. The number of carboxylic acids is 1. The molecular weight excluding hydrogens is 439 g/mol. The zero-order chi connectivity index (χ0) is 21.5. The van der Waals surface area contributed by atoms with Crippen LogP contribution >= 0.6 is 23.2 Å². The molecule has 1 aliphatic heterocycles. The number of ether oxygens (including phenoxy) is 1. The van der Waals surface area contributed by atoms with Crippen LogP contribution in [0.2, 0.25) is 10.0 Å². The number of carbonyl (C=O) groups is 1. The van der Waals surface area contributed by atoms with Gasteiger partial charge in [0.2, 0.25) is 0 Å². The second-order valence-electron chi connectivity index (χ2n) is 8.17. The zero-order valence-electron chi connectivity index (χ0n) is 16.7. The maximum absolute atomic E-state index is 10.8. The molecule has 2 fully saturated rings. The summed E-state index contributed by atoms with van der Waals surface area (Å²) in [7, 11) is 0. The number of rotatable bonds is 7. The van der Waals surface area contributed by atoms with Crippen LogP contribution in [0.4, 0.5) is 5.82 Å². The number of aromatic nitrogens is 3. The Morgan fingerprint density at radius 1 is 1.29 bits per heavy atom. The number of benzene rings is 1. The number of hydrogen-bond acceptors (Lipinski definition) is 5. The van der Waals surface area contributed by atoms with Crippen molar-refractivity contribution in [2.45, 2.75) is 25.3 Å². The number of fused-ring (bicyclic) bond motifs is 2. The molecule has 1 saturated heterocycles. The molecule has 9 heteroatoms. The van der Waals surface area contributed by atoms with Crippen molar-refractivity contribution in [1.29, 1.82) is 0 Å². The number of nitrogens with zero attached hydrogens (tertiary/aromatic N) is 4. The quantitative estimate of drug-likeness (QED) is 0.525. The molecule has 3 atom stereocenters. The number of imidazole rings is 1. The minimum absolute atomic E-state index is 0.00786. The van der Waals surface area contributed by atoms with Crippen LogP contribution in [0.15, 0.2) is 36.9 Å². The fourth-order valence-corrected chi connectivity index (χ4v) is 5.11. The summed E-state index contributed by atoms with van der Waals surface area (Å²) in [6, 6.07) is 5.92. The van der Waals surface area contributed by atoms with Crippen LogP contribution in [0.3, 0.4) is 0 Å². The third-order valence-corrected chi connectivity index (χ3v) is 7.26. The first-order valence-corrected chi connectivity index (χ1v) is 11.1. The highest BCUT2D eigenvalue weighted by Gasteiger charge is 2.47. The highest BCUT2D eigenvalue weighted by atomic mass is 35.5. The Morgan fingerprint density at radius 3 is 2.87 bits per heavy atom. The van der Waals surface area contributed by atoms with Gasteiger partial charge in [-0.1, -0.05) is 23.2 Å². The lowest BCUT2D eigenvalue weighted by atomic mass is 9.73. The minimum Gasteiger partial charge on any atom is -0.481 e. The van der Waals surface area contributed by atoms with Crippen LogP contribution in [0.1, 0.15) is 19.3 Å². The van der Waals surface area contributed by atoms with E-state index >= 15 is 0 Å². The van der Waals surface area contributed by atoms with Gasteiger partial charge in [0.25, 0.3) is 0 Å². The number of hydrogen-bond donors (Lipinski definition) is 1. The molecule has 7 nitrogen and oxygen atoms in total. The predicted octanol–water partition coefficient (Wildman–Crippen LogP) is 4.43. The van der Waals surface area contributed by atoms with Gasteiger partial charge in [0.05, 0.1) is 53.3 Å². The predicted molar refractivity (Wildman–Crippen MR) is 119 cm³/mol. The molecule has 1 saturated carbocycles. The van der Waals surface area contributed by atoms with E-state index in [-0.39, 0.29) is 19.1 Å². The Morgan fingerprint density at radius 2 is 2.16 bits per heavy atom. The van der Waals surface area contributed by atoms with Gasteiger partial charge in [-0.3, -0.25) is 4.79 Å². The number of carboxylic acid groups (broad SMARTS) is 1. The summed E-state index contributed by atoms with van der Waals surface area (Å²) in [5, 5.41) is 10.7. The second-order valence-corrected chi connectivity index (χ2v) is 8.95. The highest BCUT2D eigenvalue weighted by molar-refractivity contribution is 6.45. The van der Waals surface area contributed by atoms with Crippen molar-refractivity contribution in [1.82, 2.24) is 14.5 Å². The zero-order valence-corrected chi connectivity index (χ0v) is 18.3. The van der Waals surface area contributed by atoms with Crippen molar-refractivity contribution in [2.24, 2.45) is 11.8 Å². The average Bonchev–Trinajstić information content (AvgIpc) is 3.34. The Kier molecular flexibility index (Phi) is 5.50. The topological polar surface area (TPSA) is 80.5 Å². The molecule has 5 rings (SSSR count). The fraction of sp³-hybridized carbons (Fsp3) is 0.409. The van der Waals surface area contributed by atoms with E-state index in [1.54, 1.807) is 18.6 Å². The van der Waals surface area contributed by atoms with Gasteiger partial charge < -0.3 is 19.3 Å². The molecule has 1 aromatic carbocycles. The van der Waals surface area contributed by atoms with Crippen molar-refractivity contribution < 1.29 is 14.6 Å². The monoisotopic (exact) mass is 460 g/mol. The number of aliphatic carboxylic acids is 1. The molecule has 3 aromatic rings. The van der Waals surface area contributed by atoms with Crippen molar-refractivity contribution in [3.8, 4) is 5.69 Å². The molecule has 1 aliphatic carbocycles. The third-order valence-electron chi connectivity index (χ3n) is 6.46. The number of halogens is 2. The summed E-state index contributed by atoms with van der Waals surface area (Å²) >= 11 is 12.9. The molecule has 2 aliphatic rings. The first kappa shape index (κ1) is 20.5. The van der Waals surface area contributed by atoms with Crippen LogP contribution in [-0.2, 0) is 9.53 Å². The van der Waals surface area contributed by atoms with E-state index in [1.165, 1.54) is 6.42 Å². The van der Waals surface area contributed by atoms with Gasteiger partial charge in [-0.15, -0.1) is 0 Å². The molecular formula is C22H22Cl2N4O3. The van der Waals surface area contributed by atoms with Crippen LogP contribution in [0, 0.1) is 11.8 Å². The number of anilines is 1. The molecule has 0 bridgehead atoms. The largest absolute Gasteiger partial charge is 0.481 e. The van der Waals surface area contributed by atoms with E-state index in [1.807, 2.05) is 16.8 Å². The molecule has 0 spiro atoms. The van der Waals surface area contributed by atoms with Gasteiger partial charge in [0.1, 0.15) is 5.82 Å². The van der Waals surface area contributed by atoms with Crippen LogP contribution < -0.4 is 4.90 Å².